The van der Waals surface area contributed by atoms with Gasteiger partial charge in [-0.2, -0.15) is 0 Å². The van der Waals surface area contributed by atoms with E-state index in [1.807, 2.05) is 0 Å². The van der Waals surface area contributed by atoms with Crippen LogP contribution in [0.15, 0.2) is 41.3 Å². The van der Waals surface area contributed by atoms with Crippen LogP contribution in [0.1, 0.15) is 21.5 Å². The van der Waals surface area contributed by atoms with Crippen LogP contribution in [0.5, 0.6) is 0 Å². The monoisotopic (exact) mass is 339 g/mol. The molecule has 0 amide bonds. The minimum Gasteiger partial charge on any atom is -0.478 e. The molecule has 5 nitrogen and oxygen atoms in total. The molecule has 2 N–H and O–H groups in total. The van der Waals surface area contributed by atoms with Gasteiger partial charge in [-0.1, -0.05) is 17.7 Å². The number of aryl methyl sites for hydroxylation is 2. The van der Waals surface area contributed by atoms with Crippen molar-refractivity contribution in [2.24, 2.45) is 0 Å². The van der Waals surface area contributed by atoms with Crippen molar-refractivity contribution in [3.8, 4) is 0 Å². The second-order valence-electron chi connectivity index (χ2n) is 4.85. The molecule has 22 heavy (non-hydrogen) atoms. The predicted molar refractivity (Wildman–Crippen MR) is 85.1 cm³/mol. The van der Waals surface area contributed by atoms with Crippen molar-refractivity contribution in [1.82, 2.24) is 0 Å². The smallest absolute Gasteiger partial charge is 0.335 e. The highest BCUT2D eigenvalue weighted by atomic mass is 35.5. The molecule has 0 radical (unpaired) electrons. The van der Waals surface area contributed by atoms with Gasteiger partial charge in [0, 0.05) is 10.7 Å². The van der Waals surface area contributed by atoms with Gasteiger partial charge in [0.05, 0.1) is 10.5 Å². The van der Waals surface area contributed by atoms with Crippen molar-refractivity contribution in [2.45, 2.75) is 18.7 Å². The fraction of sp³-hybridized carbons (Fsp3) is 0.133. The zero-order valence-corrected chi connectivity index (χ0v) is 13.5. The van der Waals surface area contributed by atoms with E-state index in [0.29, 0.717) is 21.8 Å². The highest BCUT2D eigenvalue weighted by Gasteiger charge is 2.20. The summed E-state index contributed by atoms with van der Waals surface area (Å²) in [7, 11) is -3.89. The standard InChI is InChI=1S/C15H14ClNO4S/c1-9-7-10(2)14(8-13(9)15(18)19)22(20,21)17-12-5-3-11(16)4-6-12/h3-8,17H,1-2H3,(H,18,19). The summed E-state index contributed by atoms with van der Waals surface area (Å²) < 4.78 is 27.3. The number of hydrogen-bond acceptors (Lipinski definition) is 3. The number of nitrogens with one attached hydrogen (secondary N) is 1. The number of carbonyl (C=O) groups is 1. The van der Waals surface area contributed by atoms with Crippen LogP contribution in [0.2, 0.25) is 5.02 Å². The topological polar surface area (TPSA) is 83.5 Å². The maximum Gasteiger partial charge on any atom is 0.335 e. The molecule has 0 saturated heterocycles. The summed E-state index contributed by atoms with van der Waals surface area (Å²) in [6.07, 6.45) is 0. The number of carboxylic acids is 1. The van der Waals surface area contributed by atoms with Gasteiger partial charge >= 0.3 is 5.97 Å². The molecule has 0 heterocycles. The number of hydrogen-bond donors (Lipinski definition) is 2. The lowest BCUT2D eigenvalue weighted by Crippen LogP contribution is -2.15. The highest BCUT2D eigenvalue weighted by molar-refractivity contribution is 7.92. The van der Waals surface area contributed by atoms with Gasteiger partial charge in [-0.05, 0) is 55.3 Å². The molecule has 0 spiro atoms. The van der Waals surface area contributed by atoms with Gasteiger partial charge in [-0.3, -0.25) is 4.72 Å². The SMILES string of the molecule is Cc1cc(C)c(S(=O)(=O)Nc2ccc(Cl)cc2)cc1C(=O)O. The zero-order chi connectivity index (χ0) is 16.5. The number of benzene rings is 2. The van der Waals surface area contributed by atoms with Crippen molar-refractivity contribution in [3.05, 3.63) is 58.1 Å². The number of aromatic carboxylic acids is 1. The number of halogens is 1. The number of anilines is 1. The minimum absolute atomic E-state index is 0.0397. The second-order valence-corrected chi connectivity index (χ2v) is 6.94. The quantitative estimate of drug-likeness (QED) is 0.893. The van der Waals surface area contributed by atoms with E-state index in [1.165, 1.54) is 18.2 Å². The Morgan fingerprint density at radius 3 is 2.23 bits per heavy atom. The van der Waals surface area contributed by atoms with Gasteiger partial charge in [-0.25, -0.2) is 13.2 Å². The average Bonchev–Trinajstić information content (AvgIpc) is 2.40. The minimum atomic E-state index is -3.89. The van der Waals surface area contributed by atoms with Crippen LogP contribution < -0.4 is 4.72 Å². The largest absolute Gasteiger partial charge is 0.478 e. The third-order valence-electron chi connectivity index (χ3n) is 3.14. The number of carboxylic acid groups (broad SMARTS) is 1. The van der Waals surface area contributed by atoms with E-state index in [2.05, 4.69) is 4.72 Å². The van der Waals surface area contributed by atoms with E-state index >= 15 is 0 Å². The van der Waals surface area contributed by atoms with E-state index in [9.17, 15) is 13.2 Å². The molecule has 2 aromatic carbocycles. The van der Waals surface area contributed by atoms with E-state index in [1.54, 1.807) is 32.0 Å². The first-order valence-corrected chi connectivity index (χ1v) is 8.20. The normalized spacial score (nSPS) is 11.2. The number of sulfonamides is 1. The Bertz CT molecular complexity index is 829. The molecule has 0 aliphatic heterocycles. The lowest BCUT2D eigenvalue weighted by molar-refractivity contribution is 0.0696. The van der Waals surface area contributed by atoms with E-state index in [0.717, 1.165) is 0 Å². The van der Waals surface area contributed by atoms with Crippen LogP contribution in [0.3, 0.4) is 0 Å². The van der Waals surface area contributed by atoms with Crippen molar-refractivity contribution in [2.75, 3.05) is 4.72 Å². The molecule has 0 aromatic heterocycles. The fourth-order valence-corrected chi connectivity index (χ4v) is 3.52. The van der Waals surface area contributed by atoms with Crippen molar-refractivity contribution >= 4 is 33.3 Å². The molecule has 0 fully saturated rings. The second kappa shape index (κ2) is 5.98. The van der Waals surface area contributed by atoms with Crippen molar-refractivity contribution < 1.29 is 18.3 Å². The van der Waals surface area contributed by atoms with Gasteiger partial charge in [-0.15, -0.1) is 0 Å². The molecule has 2 rings (SSSR count). The molecule has 0 saturated carbocycles. The Kier molecular flexibility index (Phi) is 4.44. The van der Waals surface area contributed by atoms with Crippen LogP contribution in [-0.2, 0) is 10.0 Å². The Labute approximate surface area is 133 Å². The molecular weight excluding hydrogens is 326 g/mol. The van der Waals surface area contributed by atoms with Crippen LogP contribution in [0.25, 0.3) is 0 Å². The van der Waals surface area contributed by atoms with Crippen molar-refractivity contribution in [3.63, 3.8) is 0 Å². The maximum absolute atomic E-state index is 12.5. The molecule has 0 unspecified atom stereocenters. The predicted octanol–water partition coefficient (Wildman–Crippen LogP) is 3.46. The third-order valence-corrected chi connectivity index (χ3v) is 4.91. The zero-order valence-electron chi connectivity index (χ0n) is 11.9. The maximum atomic E-state index is 12.5. The summed E-state index contributed by atoms with van der Waals surface area (Å²) in [5, 5.41) is 9.63. The molecule has 7 heteroatoms. The average molecular weight is 340 g/mol. The van der Waals surface area contributed by atoms with Crippen LogP contribution in [-0.4, -0.2) is 19.5 Å². The molecule has 0 aliphatic carbocycles. The third kappa shape index (κ3) is 3.40. The van der Waals surface area contributed by atoms with E-state index in [4.69, 9.17) is 16.7 Å². The summed E-state index contributed by atoms with van der Waals surface area (Å²) in [5.41, 5.74) is 1.29. The van der Waals surface area contributed by atoms with E-state index in [-0.39, 0.29) is 10.5 Å². The Hall–Kier alpha value is -2.05. The van der Waals surface area contributed by atoms with Crippen LogP contribution >= 0.6 is 11.6 Å². The summed E-state index contributed by atoms with van der Waals surface area (Å²) in [5.74, 6) is -1.17. The van der Waals surface area contributed by atoms with Crippen LogP contribution in [0, 0.1) is 13.8 Å². The summed E-state index contributed by atoms with van der Waals surface area (Å²) in [6.45, 7) is 3.24. The molecule has 0 bridgehead atoms. The first-order chi connectivity index (χ1) is 10.2. The van der Waals surface area contributed by atoms with Gasteiger partial charge < -0.3 is 5.11 Å². The van der Waals surface area contributed by atoms with E-state index < -0.39 is 16.0 Å². The Morgan fingerprint density at radius 2 is 1.68 bits per heavy atom. The summed E-state index contributed by atoms with van der Waals surface area (Å²) in [6, 6.07) is 8.89. The number of rotatable bonds is 4. The highest BCUT2D eigenvalue weighted by Crippen LogP contribution is 2.24. The lowest BCUT2D eigenvalue weighted by atomic mass is 10.1. The van der Waals surface area contributed by atoms with Gasteiger partial charge in [0.2, 0.25) is 0 Å². The van der Waals surface area contributed by atoms with Gasteiger partial charge in [0.25, 0.3) is 10.0 Å². The first-order valence-electron chi connectivity index (χ1n) is 6.33. The van der Waals surface area contributed by atoms with Crippen LogP contribution in [0.4, 0.5) is 5.69 Å². The summed E-state index contributed by atoms with van der Waals surface area (Å²) in [4.78, 5) is 11.1. The lowest BCUT2D eigenvalue weighted by Gasteiger charge is -2.12. The van der Waals surface area contributed by atoms with Crippen molar-refractivity contribution in [1.29, 1.82) is 0 Å². The summed E-state index contributed by atoms with van der Waals surface area (Å²) >= 11 is 5.76. The molecule has 0 atom stereocenters. The fourth-order valence-electron chi connectivity index (χ4n) is 2.08. The van der Waals surface area contributed by atoms with Gasteiger partial charge in [0.1, 0.15) is 0 Å². The molecule has 116 valence electrons. The Morgan fingerprint density at radius 1 is 1.09 bits per heavy atom. The first kappa shape index (κ1) is 16.3. The molecule has 2 aromatic rings. The Balaban J connectivity index is 2.47. The molecule has 0 aliphatic rings. The van der Waals surface area contributed by atoms with Gasteiger partial charge in [0.15, 0.2) is 0 Å². The molecular formula is C15H14ClNO4S.